The van der Waals surface area contributed by atoms with Gasteiger partial charge in [0.05, 0.1) is 16.8 Å². The predicted octanol–water partition coefficient (Wildman–Crippen LogP) is 1.94. The average molecular weight is 347 g/mol. The van der Waals surface area contributed by atoms with Gasteiger partial charge in [-0.25, -0.2) is 4.98 Å². The standard InChI is InChI=1S/C17H21N3O3S/c21-15(18-8-4-10-20-9-3-7-17(20)22)11-23-12-16-19-13-5-1-2-6-14(13)24-16/h1-2,5-6H,3-4,7-12H2,(H,18,21). The molecule has 0 saturated carbocycles. The van der Waals surface area contributed by atoms with Gasteiger partial charge >= 0.3 is 0 Å². The predicted molar refractivity (Wildman–Crippen MR) is 92.7 cm³/mol. The Bertz CT molecular complexity index is 683. The largest absolute Gasteiger partial charge is 0.364 e. The van der Waals surface area contributed by atoms with Crippen molar-refractivity contribution in [3.8, 4) is 0 Å². The highest BCUT2D eigenvalue weighted by molar-refractivity contribution is 7.18. The van der Waals surface area contributed by atoms with Gasteiger partial charge in [-0.05, 0) is 25.0 Å². The van der Waals surface area contributed by atoms with Crippen molar-refractivity contribution in [1.82, 2.24) is 15.2 Å². The van der Waals surface area contributed by atoms with Gasteiger partial charge in [-0.2, -0.15) is 0 Å². The molecular formula is C17H21N3O3S. The lowest BCUT2D eigenvalue weighted by Gasteiger charge is -2.15. The highest BCUT2D eigenvalue weighted by Crippen LogP contribution is 2.21. The number of likely N-dealkylation sites (tertiary alicyclic amines) is 1. The van der Waals surface area contributed by atoms with Crippen LogP contribution in [0.5, 0.6) is 0 Å². The minimum absolute atomic E-state index is 0.0264. The average Bonchev–Trinajstić information content (AvgIpc) is 3.17. The number of benzene rings is 1. The Hall–Kier alpha value is -1.99. The lowest BCUT2D eigenvalue weighted by Crippen LogP contribution is -2.32. The summed E-state index contributed by atoms with van der Waals surface area (Å²) in [6, 6.07) is 7.92. The fourth-order valence-electron chi connectivity index (χ4n) is 2.70. The lowest BCUT2D eigenvalue weighted by molar-refractivity contribution is -0.127. The minimum atomic E-state index is -0.135. The maximum absolute atomic E-state index is 11.7. The zero-order valence-corrected chi connectivity index (χ0v) is 14.3. The molecule has 7 heteroatoms. The van der Waals surface area contributed by atoms with E-state index in [9.17, 15) is 9.59 Å². The van der Waals surface area contributed by atoms with Gasteiger partial charge in [0.25, 0.3) is 0 Å². The number of carbonyl (C=O) groups excluding carboxylic acids is 2. The summed E-state index contributed by atoms with van der Waals surface area (Å²) in [7, 11) is 0. The fraction of sp³-hybridized carbons (Fsp3) is 0.471. The molecule has 2 heterocycles. The van der Waals surface area contributed by atoms with Crippen molar-refractivity contribution in [2.75, 3.05) is 26.2 Å². The van der Waals surface area contributed by atoms with Crippen LogP contribution in [0.2, 0.25) is 0 Å². The van der Waals surface area contributed by atoms with Crippen molar-refractivity contribution in [3.63, 3.8) is 0 Å². The molecule has 3 rings (SSSR count). The molecule has 0 radical (unpaired) electrons. The van der Waals surface area contributed by atoms with Gasteiger partial charge in [0.2, 0.25) is 11.8 Å². The van der Waals surface area contributed by atoms with E-state index in [0.29, 0.717) is 26.1 Å². The normalized spacial score (nSPS) is 14.5. The van der Waals surface area contributed by atoms with Crippen molar-refractivity contribution in [1.29, 1.82) is 0 Å². The monoisotopic (exact) mass is 347 g/mol. The summed E-state index contributed by atoms with van der Waals surface area (Å²) >= 11 is 1.58. The van der Waals surface area contributed by atoms with Gasteiger partial charge in [-0.1, -0.05) is 12.1 Å². The summed E-state index contributed by atoms with van der Waals surface area (Å²) in [5, 5.41) is 3.69. The molecule has 2 amide bonds. The van der Waals surface area contributed by atoms with Crippen molar-refractivity contribution in [2.45, 2.75) is 25.9 Å². The molecule has 0 unspecified atom stereocenters. The SMILES string of the molecule is O=C(COCc1nc2ccccc2s1)NCCCN1CCCC1=O. The van der Waals surface area contributed by atoms with Crippen molar-refractivity contribution in [3.05, 3.63) is 29.3 Å². The summed E-state index contributed by atoms with van der Waals surface area (Å²) in [6.45, 7) is 2.49. The van der Waals surface area contributed by atoms with E-state index in [0.717, 1.165) is 34.6 Å². The van der Waals surface area contributed by atoms with Crippen LogP contribution in [0.15, 0.2) is 24.3 Å². The van der Waals surface area contributed by atoms with Gasteiger partial charge in [-0.15, -0.1) is 11.3 Å². The zero-order chi connectivity index (χ0) is 16.8. The number of nitrogens with one attached hydrogen (secondary N) is 1. The Morgan fingerprint density at radius 2 is 2.25 bits per heavy atom. The maximum atomic E-state index is 11.7. The number of hydrogen-bond donors (Lipinski definition) is 1. The van der Waals surface area contributed by atoms with Crippen LogP contribution < -0.4 is 5.32 Å². The number of hydrogen-bond acceptors (Lipinski definition) is 5. The molecule has 1 N–H and O–H groups in total. The van der Waals surface area contributed by atoms with E-state index in [-0.39, 0.29) is 18.4 Å². The van der Waals surface area contributed by atoms with E-state index >= 15 is 0 Å². The topological polar surface area (TPSA) is 71.5 Å². The van der Waals surface area contributed by atoms with Gasteiger partial charge in [0.15, 0.2) is 0 Å². The number of thiazole rings is 1. The number of aromatic nitrogens is 1. The fourth-order valence-corrected chi connectivity index (χ4v) is 3.61. The second-order valence-electron chi connectivity index (χ2n) is 5.76. The van der Waals surface area contributed by atoms with Crippen molar-refractivity contribution in [2.24, 2.45) is 0 Å². The number of carbonyl (C=O) groups is 2. The Morgan fingerprint density at radius 3 is 3.04 bits per heavy atom. The van der Waals surface area contributed by atoms with Crippen LogP contribution in [0.3, 0.4) is 0 Å². The van der Waals surface area contributed by atoms with Crippen molar-refractivity contribution >= 4 is 33.4 Å². The molecule has 2 aromatic rings. The molecule has 0 spiro atoms. The lowest BCUT2D eigenvalue weighted by atomic mass is 10.3. The van der Waals surface area contributed by atoms with E-state index in [2.05, 4.69) is 10.3 Å². The van der Waals surface area contributed by atoms with E-state index in [1.54, 1.807) is 11.3 Å². The highest BCUT2D eigenvalue weighted by atomic mass is 32.1. The molecule has 6 nitrogen and oxygen atoms in total. The molecule has 1 saturated heterocycles. The van der Waals surface area contributed by atoms with Crippen LogP contribution in [-0.2, 0) is 20.9 Å². The number of ether oxygens (including phenoxy) is 1. The summed E-state index contributed by atoms with van der Waals surface area (Å²) in [6.07, 6.45) is 2.38. The Balaban J connectivity index is 1.30. The third-order valence-corrected chi connectivity index (χ3v) is 4.91. The van der Waals surface area contributed by atoms with Crippen LogP contribution in [-0.4, -0.2) is 47.9 Å². The van der Waals surface area contributed by atoms with Gasteiger partial charge in [0.1, 0.15) is 11.6 Å². The molecule has 0 aliphatic carbocycles. The van der Waals surface area contributed by atoms with Gasteiger partial charge in [0, 0.05) is 26.1 Å². The van der Waals surface area contributed by atoms with E-state index in [4.69, 9.17) is 4.74 Å². The van der Waals surface area contributed by atoms with E-state index in [1.807, 2.05) is 29.2 Å². The number of fused-ring (bicyclic) bond motifs is 1. The minimum Gasteiger partial charge on any atom is -0.364 e. The van der Waals surface area contributed by atoms with Crippen LogP contribution in [0, 0.1) is 0 Å². The molecule has 1 aliphatic rings. The smallest absolute Gasteiger partial charge is 0.246 e. The Kier molecular flexibility index (Phi) is 5.77. The molecule has 1 aromatic carbocycles. The summed E-state index contributed by atoms with van der Waals surface area (Å²) < 4.78 is 6.55. The number of nitrogens with zero attached hydrogens (tertiary/aromatic N) is 2. The van der Waals surface area contributed by atoms with Gasteiger partial charge < -0.3 is 15.0 Å². The molecule has 1 fully saturated rings. The second-order valence-corrected chi connectivity index (χ2v) is 6.87. The first-order valence-corrected chi connectivity index (χ1v) is 9.01. The third kappa shape index (κ3) is 4.52. The third-order valence-electron chi connectivity index (χ3n) is 3.90. The highest BCUT2D eigenvalue weighted by Gasteiger charge is 2.18. The molecular weight excluding hydrogens is 326 g/mol. The van der Waals surface area contributed by atoms with E-state index < -0.39 is 0 Å². The molecule has 0 atom stereocenters. The second kappa shape index (κ2) is 8.21. The Labute approximate surface area is 144 Å². The van der Waals surface area contributed by atoms with Crippen LogP contribution in [0.4, 0.5) is 0 Å². The summed E-state index contributed by atoms with van der Waals surface area (Å²) in [5.74, 6) is 0.0874. The Morgan fingerprint density at radius 1 is 1.38 bits per heavy atom. The number of para-hydroxylation sites is 1. The van der Waals surface area contributed by atoms with Crippen LogP contribution in [0.25, 0.3) is 10.2 Å². The zero-order valence-electron chi connectivity index (χ0n) is 13.5. The van der Waals surface area contributed by atoms with E-state index in [1.165, 1.54) is 0 Å². The summed E-state index contributed by atoms with van der Waals surface area (Å²) in [5.41, 5.74) is 0.960. The van der Waals surface area contributed by atoms with Crippen LogP contribution in [0.1, 0.15) is 24.3 Å². The quantitative estimate of drug-likeness (QED) is 0.741. The number of rotatable bonds is 8. The first-order chi connectivity index (χ1) is 11.7. The molecule has 0 bridgehead atoms. The first kappa shape index (κ1) is 16.9. The molecule has 128 valence electrons. The molecule has 24 heavy (non-hydrogen) atoms. The van der Waals surface area contributed by atoms with Crippen molar-refractivity contribution < 1.29 is 14.3 Å². The number of amides is 2. The van der Waals surface area contributed by atoms with Crippen LogP contribution >= 0.6 is 11.3 Å². The molecule has 1 aromatic heterocycles. The summed E-state index contributed by atoms with van der Waals surface area (Å²) in [4.78, 5) is 29.5. The molecule has 1 aliphatic heterocycles. The van der Waals surface area contributed by atoms with Gasteiger partial charge in [-0.3, -0.25) is 9.59 Å². The maximum Gasteiger partial charge on any atom is 0.246 e. The first-order valence-electron chi connectivity index (χ1n) is 8.19.